The fourth-order valence-electron chi connectivity index (χ4n) is 3.84. The van der Waals surface area contributed by atoms with Gasteiger partial charge in [-0.15, -0.1) is 5.10 Å². The minimum absolute atomic E-state index is 0.0456. The lowest BCUT2D eigenvalue weighted by atomic mass is 9.82. The number of ether oxygens (including phenoxy) is 1. The van der Waals surface area contributed by atoms with Crippen LogP contribution in [0.3, 0.4) is 0 Å². The molecular weight excluding hydrogens is 282 g/mol. The number of aryl methyl sites for hydroxylation is 1. The zero-order valence-electron chi connectivity index (χ0n) is 13.4. The lowest BCUT2D eigenvalue weighted by molar-refractivity contribution is 0.0585. The lowest BCUT2D eigenvalue weighted by Gasteiger charge is -2.32. The number of rotatable bonds is 5. The van der Waals surface area contributed by atoms with E-state index >= 15 is 0 Å². The van der Waals surface area contributed by atoms with Crippen molar-refractivity contribution in [1.82, 2.24) is 25.2 Å². The van der Waals surface area contributed by atoms with Crippen LogP contribution in [0.1, 0.15) is 38.3 Å². The maximum atomic E-state index is 12.3. The molecule has 2 fully saturated rings. The Kier molecular flexibility index (Phi) is 4.33. The standard InChI is InChI=1S/C15H25N5O2/c1-3-20-12(10-17-18-20)9-16-14(21)19(2)11-15-6-4-5-13(15)22-8-7-15/h10,13H,3-9,11H2,1-2H3,(H,16,21)/t13-,15-/m1/s1. The van der Waals surface area contributed by atoms with E-state index < -0.39 is 0 Å². The van der Waals surface area contributed by atoms with Crippen LogP contribution >= 0.6 is 0 Å². The number of carbonyl (C=O) groups is 1. The third kappa shape index (κ3) is 2.82. The first-order valence-electron chi connectivity index (χ1n) is 8.12. The van der Waals surface area contributed by atoms with Gasteiger partial charge in [0.25, 0.3) is 0 Å². The number of urea groups is 1. The normalized spacial score (nSPS) is 26.9. The summed E-state index contributed by atoms with van der Waals surface area (Å²) in [5.41, 5.74) is 1.10. The minimum atomic E-state index is -0.0456. The summed E-state index contributed by atoms with van der Waals surface area (Å²) in [5.74, 6) is 0. The molecule has 22 heavy (non-hydrogen) atoms. The van der Waals surface area contributed by atoms with Gasteiger partial charge >= 0.3 is 6.03 Å². The van der Waals surface area contributed by atoms with Crippen LogP contribution in [0, 0.1) is 5.41 Å². The smallest absolute Gasteiger partial charge is 0.317 e. The van der Waals surface area contributed by atoms with Crippen molar-refractivity contribution in [3.8, 4) is 0 Å². The molecule has 3 rings (SSSR count). The van der Waals surface area contributed by atoms with Crippen LogP contribution in [0.25, 0.3) is 0 Å². The molecule has 7 heteroatoms. The zero-order chi connectivity index (χ0) is 15.6. The van der Waals surface area contributed by atoms with Gasteiger partial charge in [0.2, 0.25) is 0 Å². The van der Waals surface area contributed by atoms with Crippen molar-refractivity contribution < 1.29 is 9.53 Å². The molecule has 1 aromatic heterocycles. The summed E-state index contributed by atoms with van der Waals surface area (Å²) in [4.78, 5) is 14.1. The topological polar surface area (TPSA) is 72.3 Å². The summed E-state index contributed by atoms with van der Waals surface area (Å²) in [6, 6.07) is -0.0456. The Morgan fingerprint density at radius 2 is 2.45 bits per heavy atom. The van der Waals surface area contributed by atoms with Crippen LogP contribution in [0.2, 0.25) is 0 Å². The molecule has 2 heterocycles. The molecule has 0 spiro atoms. The fraction of sp³-hybridized carbons (Fsp3) is 0.800. The molecule has 2 amide bonds. The van der Waals surface area contributed by atoms with Crippen LogP contribution in [-0.4, -0.2) is 52.2 Å². The number of nitrogens with zero attached hydrogens (tertiary/aromatic N) is 4. The molecular formula is C15H25N5O2. The molecule has 0 unspecified atom stereocenters. The van der Waals surface area contributed by atoms with Crippen molar-refractivity contribution >= 4 is 6.03 Å². The number of hydrogen-bond acceptors (Lipinski definition) is 4. The van der Waals surface area contributed by atoms with Gasteiger partial charge in [-0.05, 0) is 26.2 Å². The predicted octanol–water partition coefficient (Wildman–Crippen LogP) is 1.40. The SMILES string of the molecule is CCn1nncc1CNC(=O)N(C)C[C@]12CCC[C@H]1OCC2. The van der Waals surface area contributed by atoms with Crippen molar-refractivity contribution in [1.29, 1.82) is 0 Å². The van der Waals surface area contributed by atoms with Gasteiger partial charge in [-0.2, -0.15) is 0 Å². The maximum Gasteiger partial charge on any atom is 0.317 e. The highest BCUT2D eigenvalue weighted by molar-refractivity contribution is 5.73. The minimum Gasteiger partial charge on any atom is -0.378 e. The van der Waals surface area contributed by atoms with Gasteiger partial charge in [-0.25, -0.2) is 9.48 Å². The monoisotopic (exact) mass is 307 g/mol. The summed E-state index contributed by atoms with van der Waals surface area (Å²) in [7, 11) is 1.87. The lowest BCUT2D eigenvalue weighted by Crippen LogP contribution is -2.45. The Bertz CT molecular complexity index is 520. The summed E-state index contributed by atoms with van der Waals surface area (Å²) in [6.45, 7) is 4.82. The second kappa shape index (κ2) is 6.24. The summed E-state index contributed by atoms with van der Waals surface area (Å²) in [5, 5.41) is 10.8. The van der Waals surface area contributed by atoms with Crippen LogP contribution in [0.15, 0.2) is 6.20 Å². The number of aromatic nitrogens is 3. The van der Waals surface area contributed by atoms with Crippen LogP contribution in [-0.2, 0) is 17.8 Å². The van der Waals surface area contributed by atoms with Crippen molar-refractivity contribution in [2.45, 2.75) is 51.8 Å². The first-order chi connectivity index (χ1) is 10.6. The molecule has 2 aliphatic rings. The molecule has 1 aromatic rings. The number of nitrogens with one attached hydrogen (secondary N) is 1. The Labute approximate surface area is 131 Å². The number of carbonyl (C=O) groups excluding carboxylic acids is 1. The van der Waals surface area contributed by atoms with Gasteiger partial charge < -0.3 is 15.0 Å². The predicted molar refractivity (Wildman–Crippen MR) is 81.2 cm³/mol. The Morgan fingerprint density at radius 1 is 1.59 bits per heavy atom. The zero-order valence-corrected chi connectivity index (χ0v) is 13.4. The molecule has 0 radical (unpaired) electrons. The van der Waals surface area contributed by atoms with E-state index in [0.717, 1.165) is 38.2 Å². The second-order valence-corrected chi connectivity index (χ2v) is 6.42. The molecule has 1 aliphatic heterocycles. The third-order valence-electron chi connectivity index (χ3n) is 5.06. The van der Waals surface area contributed by atoms with E-state index in [1.807, 2.05) is 14.0 Å². The van der Waals surface area contributed by atoms with Gasteiger partial charge in [0.05, 0.1) is 24.5 Å². The van der Waals surface area contributed by atoms with E-state index in [9.17, 15) is 4.79 Å². The second-order valence-electron chi connectivity index (χ2n) is 6.42. The quantitative estimate of drug-likeness (QED) is 0.892. The Hall–Kier alpha value is -1.63. The van der Waals surface area contributed by atoms with Gasteiger partial charge in [-0.1, -0.05) is 11.6 Å². The highest BCUT2D eigenvalue weighted by Gasteiger charge is 2.48. The fourth-order valence-corrected chi connectivity index (χ4v) is 3.84. The van der Waals surface area contributed by atoms with E-state index in [1.54, 1.807) is 15.8 Å². The van der Waals surface area contributed by atoms with Crippen LogP contribution < -0.4 is 5.32 Å². The maximum absolute atomic E-state index is 12.3. The number of hydrogen-bond donors (Lipinski definition) is 1. The largest absolute Gasteiger partial charge is 0.378 e. The molecule has 0 aromatic carbocycles. The molecule has 0 bridgehead atoms. The molecule has 1 saturated carbocycles. The van der Waals surface area contributed by atoms with Gasteiger partial charge in [0.1, 0.15) is 0 Å². The third-order valence-corrected chi connectivity index (χ3v) is 5.06. The Morgan fingerprint density at radius 3 is 3.27 bits per heavy atom. The highest BCUT2D eigenvalue weighted by Crippen LogP contribution is 2.47. The summed E-state index contributed by atoms with van der Waals surface area (Å²) < 4.78 is 7.62. The van der Waals surface area contributed by atoms with Gasteiger partial charge in [0, 0.05) is 32.2 Å². The first-order valence-corrected chi connectivity index (χ1v) is 8.12. The first kappa shape index (κ1) is 15.3. The van der Waals surface area contributed by atoms with Gasteiger partial charge in [-0.3, -0.25) is 0 Å². The van der Waals surface area contributed by atoms with Crippen LogP contribution in [0.5, 0.6) is 0 Å². The Balaban J connectivity index is 1.54. The van der Waals surface area contributed by atoms with Crippen molar-refractivity contribution in [3.05, 3.63) is 11.9 Å². The van der Waals surface area contributed by atoms with E-state index in [-0.39, 0.29) is 11.4 Å². The summed E-state index contributed by atoms with van der Waals surface area (Å²) in [6.07, 6.45) is 6.62. The molecule has 2 atom stereocenters. The molecule has 1 aliphatic carbocycles. The van der Waals surface area contributed by atoms with E-state index in [4.69, 9.17) is 4.74 Å². The van der Waals surface area contributed by atoms with Gasteiger partial charge in [0.15, 0.2) is 0 Å². The van der Waals surface area contributed by atoms with Crippen molar-refractivity contribution in [2.24, 2.45) is 5.41 Å². The average Bonchev–Trinajstić information content (AvgIpc) is 3.18. The van der Waals surface area contributed by atoms with E-state index in [0.29, 0.717) is 12.6 Å². The number of fused-ring (bicyclic) bond motifs is 1. The highest BCUT2D eigenvalue weighted by atomic mass is 16.5. The molecule has 7 nitrogen and oxygen atoms in total. The molecule has 1 saturated heterocycles. The number of amides is 2. The van der Waals surface area contributed by atoms with E-state index in [2.05, 4.69) is 15.6 Å². The van der Waals surface area contributed by atoms with Crippen molar-refractivity contribution in [2.75, 3.05) is 20.2 Å². The van der Waals surface area contributed by atoms with Crippen LogP contribution in [0.4, 0.5) is 4.79 Å². The van der Waals surface area contributed by atoms with Crippen molar-refractivity contribution in [3.63, 3.8) is 0 Å². The summed E-state index contributed by atoms with van der Waals surface area (Å²) >= 11 is 0. The van der Waals surface area contributed by atoms with E-state index in [1.165, 1.54) is 12.8 Å². The average molecular weight is 307 g/mol. The molecule has 1 N–H and O–H groups in total. The molecule has 122 valence electrons.